The number of fused-ring (bicyclic) bond motifs is 4. The Kier molecular flexibility index (Phi) is 21.4. The van der Waals surface area contributed by atoms with Crippen LogP contribution in [0.4, 0.5) is 8.78 Å². The second kappa shape index (κ2) is 29.0. The number of rotatable bonds is 21. The normalized spacial score (nSPS) is 19.4. The van der Waals surface area contributed by atoms with Gasteiger partial charge in [-0.05, 0) is 123 Å². The summed E-state index contributed by atoms with van der Waals surface area (Å²) >= 11 is 0. The number of hydrogen-bond acceptors (Lipinski definition) is 17. The number of aromatic amines is 1. The number of carboxylic acids is 1. The monoisotopic (exact) mass is 1240 g/mol. The number of phenolic OH excluding ortho intramolecular Hbond substituents is 1. The number of halogens is 2. The Balaban J connectivity index is 0.000000990. The zero-order valence-corrected chi connectivity index (χ0v) is 51.3. The molecule has 1 amide bonds. The minimum atomic E-state index is -4.06. The van der Waals surface area contributed by atoms with Crippen molar-refractivity contribution in [2.24, 2.45) is 0 Å². The van der Waals surface area contributed by atoms with E-state index in [0.717, 1.165) is 35.1 Å². The number of carboxylic acid groups (broad SMARTS) is 1. The summed E-state index contributed by atoms with van der Waals surface area (Å²) in [5, 5.41) is 34.8. The summed E-state index contributed by atoms with van der Waals surface area (Å²) in [6.07, 6.45) is 12.4. The Hall–Kier alpha value is -7.84. The molecule has 5 aromatic carbocycles. The average molecular weight is 1240 g/mol. The molecule has 0 aliphatic carbocycles. The number of phenols is 1. The van der Waals surface area contributed by atoms with Crippen LogP contribution < -0.4 is 38.4 Å². The number of aromatic nitrogens is 6. The van der Waals surface area contributed by atoms with Gasteiger partial charge in [0.2, 0.25) is 21.9 Å². The zero-order valence-electron chi connectivity index (χ0n) is 50.5. The molecule has 2 saturated heterocycles. The summed E-state index contributed by atoms with van der Waals surface area (Å²) in [4.78, 5) is 42.4. The van der Waals surface area contributed by atoms with Gasteiger partial charge in [0.25, 0.3) is 0 Å². The smallest absolute Gasteiger partial charge is 0.508 e. The van der Waals surface area contributed by atoms with E-state index >= 15 is 4.39 Å². The molecular weight excluding hydrogens is 1170 g/mol. The van der Waals surface area contributed by atoms with Crippen LogP contribution in [0.1, 0.15) is 72.8 Å². The van der Waals surface area contributed by atoms with Crippen LogP contribution in [0.3, 0.4) is 0 Å². The van der Waals surface area contributed by atoms with E-state index in [1.807, 2.05) is 54.1 Å². The predicted molar refractivity (Wildman–Crippen MR) is 327 cm³/mol. The molecule has 0 radical (unpaired) electrons. The fraction of sp³-hybridized carbons (Fsp3) is 0.354. The van der Waals surface area contributed by atoms with E-state index in [1.165, 1.54) is 40.8 Å². The van der Waals surface area contributed by atoms with Crippen molar-refractivity contribution >= 4 is 54.6 Å². The molecule has 8 aromatic rings. The maximum Gasteiger partial charge on any atom is 1.00 e. The Morgan fingerprint density at radius 3 is 2.42 bits per heavy atom. The number of likely N-dealkylation sites (tertiary alicyclic amines) is 2. The number of aliphatic carboxylic acids is 1. The molecule has 6 heterocycles. The second-order valence-corrected chi connectivity index (χ2v) is 24.2. The minimum absolute atomic E-state index is 0. The summed E-state index contributed by atoms with van der Waals surface area (Å²) in [6, 6.07) is 21.4. The molecule has 3 aromatic heterocycles. The van der Waals surface area contributed by atoms with Crippen LogP contribution in [-0.2, 0) is 35.6 Å². The minimum Gasteiger partial charge on any atom is -0.508 e. The number of likely N-dealkylation sites (N-methyl/N-ethyl adjacent to an activating group) is 1. The third-order valence-electron chi connectivity index (χ3n) is 16.3. The number of aromatic hydroxyl groups is 1. The Bertz CT molecular complexity index is 4070. The fourth-order valence-electron chi connectivity index (χ4n) is 11.3. The van der Waals surface area contributed by atoms with Gasteiger partial charge in [0.05, 0.1) is 50.7 Å². The van der Waals surface area contributed by atoms with Crippen LogP contribution in [0, 0.1) is 58.0 Å². The van der Waals surface area contributed by atoms with E-state index in [4.69, 9.17) is 30.1 Å². The summed E-state index contributed by atoms with van der Waals surface area (Å²) in [5.74, 6) is -0.760. The van der Waals surface area contributed by atoms with Gasteiger partial charge in [0, 0.05) is 41.5 Å². The van der Waals surface area contributed by atoms with Crippen molar-refractivity contribution in [3.05, 3.63) is 152 Å². The summed E-state index contributed by atoms with van der Waals surface area (Å²) < 4.78 is 90.5. The first-order chi connectivity index (χ1) is 42.7. The molecule has 0 bridgehead atoms. The third-order valence-corrected chi connectivity index (χ3v) is 18.2. The van der Waals surface area contributed by atoms with Gasteiger partial charge in [-0.2, -0.15) is 31.8 Å². The molecule has 0 spiro atoms. The predicted octanol–water partition coefficient (Wildman–Crippen LogP) is 5.12. The number of benzene rings is 5. The van der Waals surface area contributed by atoms with E-state index in [0.29, 0.717) is 53.6 Å². The molecule has 1 unspecified atom stereocenters. The van der Waals surface area contributed by atoms with Crippen LogP contribution in [0.2, 0.25) is 0 Å². The molecule has 468 valence electrons. The van der Waals surface area contributed by atoms with Gasteiger partial charge < -0.3 is 67.9 Å². The van der Waals surface area contributed by atoms with Crippen molar-refractivity contribution < 1.29 is 79.5 Å². The van der Waals surface area contributed by atoms with Crippen LogP contribution in [0.25, 0.3) is 44.0 Å². The topological polar surface area (TPSA) is 257 Å². The van der Waals surface area contributed by atoms with Crippen LogP contribution in [0.15, 0.2) is 90.0 Å². The molecule has 4 N–H and O–H groups in total. The summed E-state index contributed by atoms with van der Waals surface area (Å²) in [6.45, 7) is 13.2. The number of aryl methyl sites for hydroxylation is 1. The van der Waals surface area contributed by atoms with Crippen molar-refractivity contribution in [2.45, 2.75) is 87.0 Å². The quantitative estimate of drug-likeness (QED) is 0.0315. The number of sulfonamides is 1. The number of H-pyrrole nitrogens is 1. The van der Waals surface area contributed by atoms with Gasteiger partial charge >= 0.3 is 24.8 Å². The largest absolute Gasteiger partial charge is 1.00 e. The molecule has 3 aliphatic rings. The number of hydrogen-bond donors (Lipinski definition) is 4. The Morgan fingerprint density at radius 2 is 1.70 bits per heavy atom. The molecule has 3 aliphatic heterocycles. The van der Waals surface area contributed by atoms with Gasteiger partial charge in [-0.1, -0.05) is 54.5 Å². The molecule has 21 nitrogen and oxygen atoms in total. The number of ether oxygens (including phenoxy) is 5. The molecule has 0 saturated carbocycles. The van der Waals surface area contributed by atoms with E-state index in [2.05, 4.69) is 68.7 Å². The molecule has 5 atom stereocenters. The second-order valence-electron chi connectivity index (χ2n) is 22.3. The first-order valence-corrected chi connectivity index (χ1v) is 30.4. The SMILES string of the molecule is C#Cc1c(F)ccc2cc(O)cc(-c3ncc4[c-]nc(OC[C@@]5(C(=O)NCCOCCOCCOc6ccc7c(c6)O[C@H](C)CN(Cc6cc(C(CC(=O)O)c8ccc9n[nH]nc9c8)ccc6C)S7(=O)=O)CCCN5C)nc4c3F)c12.[CH2-][C@@H]1CC[C@H]([CH2-])N1[CH2-].[Li+]. The molecule has 11 rings (SSSR count). The number of nitrogens with one attached hydrogen (secondary N) is 2. The molecule has 90 heavy (non-hydrogen) atoms. The zero-order chi connectivity index (χ0) is 63.1. The van der Waals surface area contributed by atoms with Gasteiger partial charge in [-0.15, -0.1) is 6.42 Å². The van der Waals surface area contributed by atoms with Crippen molar-refractivity contribution in [3.8, 4) is 46.9 Å². The Labute approximate surface area is 533 Å². The first-order valence-electron chi connectivity index (χ1n) is 29.0. The van der Waals surface area contributed by atoms with Gasteiger partial charge in [-0.25, -0.2) is 17.2 Å². The third kappa shape index (κ3) is 14.7. The van der Waals surface area contributed by atoms with Gasteiger partial charge in [0.15, 0.2) is 0 Å². The number of pyridine rings is 1. The number of carbonyl (C=O) groups excluding carboxylic acids is 1. The molecule has 2 fully saturated rings. The van der Waals surface area contributed by atoms with Crippen molar-refractivity contribution in [3.63, 3.8) is 0 Å². The molecular formula is C65H68F2LiN10O11S-3. The van der Waals surface area contributed by atoms with Crippen molar-refractivity contribution in [1.29, 1.82) is 0 Å². The maximum atomic E-state index is 16.4. The average Bonchev–Trinajstić information content (AvgIpc) is 0.906. The van der Waals surface area contributed by atoms with E-state index in [1.54, 1.807) is 25.1 Å². The standard InChI is InChI=1S/C58H56F2N9O11S.C7H12N.Li/c1-5-43-46(59)12-9-38-24-41(70)26-45(52(38)43)55-53(60)54-40(29-62-55)30-63-57(64-54)79-33-58(15-6-17-68(58)4)56(73)61-16-18-76-19-20-77-21-22-78-42-11-14-50-49(27-42)80-35(3)31-69(81(50,74)75)32-39-23-36(8-7-34(39)2)44(28-51(71)72)37-10-13-47-48(25-37)66-67-65-47;1-6-4-5-7(2)8(6)3;/h1,7-14,23-27,29,35,44,70H,6,15-22,28,31-33H2,2-4H3,(H,61,73)(H,71,72)(H,65,66,67);6-7H,1-5H2;/q-1;-3;+1/t35-,44?,58-;6-,7+;/m1../s1. The first kappa shape index (κ1) is 66.6. The van der Waals surface area contributed by atoms with Crippen molar-refractivity contribution in [1.82, 2.24) is 49.8 Å². The van der Waals surface area contributed by atoms with Crippen LogP contribution in [-0.4, -0.2) is 165 Å². The van der Waals surface area contributed by atoms with E-state index in [-0.39, 0.29) is 146 Å². The Morgan fingerprint density at radius 1 is 0.967 bits per heavy atom. The molecule has 25 heteroatoms. The van der Waals surface area contributed by atoms with Gasteiger partial charge in [0.1, 0.15) is 69.7 Å². The van der Waals surface area contributed by atoms with Crippen LogP contribution >= 0.6 is 0 Å². The number of amides is 1. The number of nitrogens with zero attached hydrogens (tertiary/aromatic N) is 8. The maximum absolute atomic E-state index is 16.4. The number of terminal acetylenes is 1. The summed E-state index contributed by atoms with van der Waals surface area (Å²) in [5.41, 5.74) is 2.69. The van der Waals surface area contributed by atoms with Gasteiger partial charge in [-0.3, -0.25) is 26.5 Å². The van der Waals surface area contributed by atoms with E-state index in [9.17, 15) is 32.6 Å². The van der Waals surface area contributed by atoms with Crippen LogP contribution in [0.5, 0.6) is 23.3 Å². The van der Waals surface area contributed by atoms with E-state index < -0.39 is 45.2 Å². The fourth-order valence-corrected chi connectivity index (χ4v) is 12.9. The van der Waals surface area contributed by atoms with Crippen molar-refractivity contribution in [2.75, 3.05) is 66.3 Å². The summed E-state index contributed by atoms with van der Waals surface area (Å²) in [7, 11) is 1.55. The number of carbonyl (C=O) groups is 2.